The highest BCUT2D eigenvalue weighted by Gasteiger charge is 2.34. The number of hydrogen-bond acceptors (Lipinski definition) is 1. The average Bonchev–Trinajstić information content (AvgIpc) is 2.95. The van der Waals surface area contributed by atoms with E-state index < -0.39 is 0 Å². The summed E-state index contributed by atoms with van der Waals surface area (Å²) in [5.74, 6) is 1.82. The molecule has 1 heteroatoms. The average molecular weight is 282 g/mol. The molecule has 1 aliphatic heterocycles. The van der Waals surface area contributed by atoms with Crippen molar-refractivity contribution in [2.75, 3.05) is 0 Å². The molecule has 0 radical (unpaired) electrons. The van der Waals surface area contributed by atoms with Crippen molar-refractivity contribution >= 4 is 0 Å². The molecule has 0 saturated carbocycles. The quantitative estimate of drug-likeness (QED) is 0.608. The van der Waals surface area contributed by atoms with Crippen molar-refractivity contribution in [1.82, 2.24) is 0 Å². The number of allylic oxidation sites excluding steroid dienone is 5. The summed E-state index contributed by atoms with van der Waals surface area (Å²) in [4.78, 5) is 0. The Balaban J connectivity index is 1.86. The van der Waals surface area contributed by atoms with Crippen molar-refractivity contribution in [3.8, 4) is 0 Å². The van der Waals surface area contributed by atoms with Crippen LogP contribution in [-0.4, -0.2) is 6.10 Å². The van der Waals surface area contributed by atoms with Crippen LogP contribution in [0.4, 0.5) is 0 Å². The summed E-state index contributed by atoms with van der Waals surface area (Å²) in [6.45, 7) is 8.85. The van der Waals surface area contributed by atoms with Crippen LogP contribution in [0, 0.1) is 5.92 Å². The highest BCUT2D eigenvalue weighted by Crippen LogP contribution is 2.44. The van der Waals surface area contributed by atoms with Gasteiger partial charge < -0.3 is 4.74 Å². The molecule has 0 aromatic carbocycles. The number of rotatable bonds is 4. The number of unbranched alkanes of at least 4 members (excludes halogenated alkanes) is 1. The van der Waals surface area contributed by atoms with Crippen LogP contribution in [0.5, 0.6) is 0 Å². The first kappa shape index (κ1) is 14.5. The van der Waals surface area contributed by atoms with E-state index in [-0.39, 0.29) is 0 Å². The predicted molar refractivity (Wildman–Crippen MR) is 87.9 cm³/mol. The minimum absolute atomic E-state index is 0.352. The van der Waals surface area contributed by atoms with E-state index in [9.17, 15) is 0 Å². The largest absolute Gasteiger partial charge is 0.490 e. The van der Waals surface area contributed by atoms with Crippen molar-refractivity contribution in [2.45, 2.75) is 65.9 Å². The Kier molecular flexibility index (Phi) is 3.95. The normalized spacial score (nSPS) is 27.8. The summed E-state index contributed by atoms with van der Waals surface area (Å²) in [5, 5.41) is 0. The maximum atomic E-state index is 6.18. The molecule has 0 amide bonds. The SMILES string of the molecule is CCCCC1C2=C(C=C(C3=C(C)C=C=C3C)CC2)OC1C. The van der Waals surface area contributed by atoms with Crippen LogP contribution in [0.1, 0.15) is 59.8 Å². The van der Waals surface area contributed by atoms with Crippen molar-refractivity contribution in [3.05, 3.63) is 51.5 Å². The molecule has 0 saturated heterocycles. The lowest BCUT2D eigenvalue weighted by molar-refractivity contribution is 0.132. The van der Waals surface area contributed by atoms with E-state index >= 15 is 0 Å². The zero-order valence-corrected chi connectivity index (χ0v) is 13.8. The summed E-state index contributed by atoms with van der Waals surface area (Å²) in [6, 6.07) is 0. The van der Waals surface area contributed by atoms with Gasteiger partial charge in [0.15, 0.2) is 0 Å². The van der Waals surface area contributed by atoms with Crippen LogP contribution in [0.15, 0.2) is 51.5 Å². The Morgan fingerprint density at radius 2 is 2.10 bits per heavy atom. The smallest absolute Gasteiger partial charge is 0.119 e. The Morgan fingerprint density at radius 3 is 2.76 bits per heavy atom. The van der Waals surface area contributed by atoms with Gasteiger partial charge in [-0.15, -0.1) is 5.73 Å². The van der Waals surface area contributed by atoms with Crippen molar-refractivity contribution in [2.24, 2.45) is 5.92 Å². The molecule has 112 valence electrons. The molecule has 3 rings (SSSR count). The molecular weight excluding hydrogens is 256 g/mol. The second-order valence-electron chi connectivity index (χ2n) is 6.60. The Hall–Kier alpha value is -1.46. The maximum Gasteiger partial charge on any atom is 0.119 e. The standard InChI is InChI=1S/C20H26O/c1-5-6-7-17-15(4)21-19-12-16(10-11-18(17)19)20-13(2)8-9-14(20)3/h8,12,15,17H,5-7,10-11H2,1-4H3. The van der Waals surface area contributed by atoms with Gasteiger partial charge in [0.2, 0.25) is 0 Å². The molecule has 1 heterocycles. The van der Waals surface area contributed by atoms with Crippen LogP contribution in [0.3, 0.4) is 0 Å². The fraction of sp³-hybridized carbons (Fsp3) is 0.550. The van der Waals surface area contributed by atoms with Crippen LogP contribution >= 0.6 is 0 Å². The summed E-state index contributed by atoms with van der Waals surface area (Å²) in [5.41, 5.74) is 10.4. The summed E-state index contributed by atoms with van der Waals surface area (Å²) < 4.78 is 6.18. The van der Waals surface area contributed by atoms with Gasteiger partial charge in [-0.25, -0.2) is 0 Å². The summed E-state index contributed by atoms with van der Waals surface area (Å²) >= 11 is 0. The first-order valence-corrected chi connectivity index (χ1v) is 8.37. The van der Waals surface area contributed by atoms with E-state index in [0.717, 1.165) is 6.42 Å². The van der Waals surface area contributed by atoms with Gasteiger partial charge in [0.1, 0.15) is 11.9 Å². The molecule has 2 atom stereocenters. The zero-order valence-electron chi connectivity index (χ0n) is 13.8. The molecule has 3 aliphatic rings. The van der Waals surface area contributed by atoms with E-state index in [1.54, 1.807) is 5.57 Å². The molecule has 2 aliphatic carbocycles. The molecule has 0 N–H and O–H groups in total. The van der Waals surface area contributed by atoms with Gasteiger partial charge in [-0.3, -0.25) is 0 Å². The molecule has 21 heavy (non-hydrogen) atoms. The van der Waals surface area contributed by atoms with Crippen LogP contribution in [0.2, 0.25) is 0 Å². The van der Waals surface area contributed by atoms with Crippen LogP contribution < -0.4 is 0 Å². The highest BCUT2D eigenvalue weighted by molar-refractivity contribution is 5.57. The Morgan fingerprint density at radius 1 is 1.29 bits per heavy atom. The molecule has 0 aromatic rings. The Bertz CT molecular complexity index is 606. The second kappa shape index (κ2) is 5.73. The number of hydrogen-bond donors (Lipinski definition) is 0. The lowest BCUT2D eigenvalue weighted by Gasteiger charge is -2.20. The summed E-state index contributed by atoms with van der Waals surface area (Å²) in [6.07, 6.45) is 11.0. The first-order valence-electron chi connectivity index (χ1n) is 8.37. The molecule has 0 fully saturated rings. The van der Waals surface area contributed by atoms with Crippen LogP contribution in [-0.2, 0) is 4.74 Å². The van der Waals surface area contributed by atoms with Gasteiger partial charge in [0, 0.05) is 5.92 Å². The molecule has 1 nitrogen and oxygen atoms in total. The van der Waals surface area contributed by atoms with Gasteiger partial charge in [0.25, 0.3) is 0 Å². The third-order valence-corrected chi connectivity index (χ3v) is 5.08. The van der Waals surface area contributed by atoms with E-state index in [2.05, 4.69) is 45.6 Å². The third-order valence-electron chi connectivity index (χ3n) is 5.08. The third kappa shape index (κ3) is 2.56. The van der Waals surface area contributed by atoms with Gasteiger partial charge >= 0.3 is 0 Å². The zero-order chi connectivity index (χ0) is 15.0. The maximum absolute atomic E-state index is 6.18. The fourth-order valence-corrected chi connectivity index (χ4v) is 3.94. The predicted octanol–water partition coefficient (Wildman–Crippen LogP) is 5.62. The minimum Gasteiger partial charge on any atom is -0.490 e. The van der Waals surface area contributed by atoms with Gasteiger partial charge in [0.05, 0.1) is 0 Å². The van der Waals surface area contributed by atoms with E-state index in [1.807, 2.05) is 0 Å². The minimum atomic E-state index is 0.352. The highest BCUT2D eigenvalue weighted by atomic mass is 16.5. The van der Waals surface area contributed by atoms with Crippen molar-refractivity contribution in [3.63, 3.8) is 0 Å². The van der Waals surface area contributed by atoms with E-state index in [0.29, 0.717) is 12.0 Å². The number of ether oxygens (including phenoxy) is 1. The van der Waals surface area contributed by atoms with Crippen LogP contribution in [0.25, 0.3) is 0 Å². The molecule has 2 unspecified atom stereocenters. The second-order valence-corrected chi connectivity index (χ2v) is 6.60. The molecule has 0 aromatic heterocycles. The molecular formula is C20H26O. The lowest BCUT2D eigenvalue weighted by atomic mass is 9.82. The van der Waals surface area contributed by atoms with Crippen molar-refractivity contribution < 1.29 is 4.74 Å². The van der Waals surface area contributed by atoms with E-state index in [1.165, 1.54) is 53.7 Å². The lowest BCUT2D eigenvalue weighted by Crippen LogP contribution is -2.15. The monoisotopic (exact) mass is 282 g/mol. The van der Waals surface area contributed by atoms with E-state index in [4.69, 9.17) is 4.74 Å². The fourth-order valence-electron chi connectivity index (χ4n) is 3.94. The van der Waals surface area contributed by atoms with Gasteiger partial charge in [-0.2, -0.15) is 0 Å². The summed E-state index contributed by atoms with van der Waals surface area (Å²) in [7, 11) is 0. The molecule has 0 spiro atoms. The van der Waals surface area contributed by atoms with Gasteiger partial charge in [-0.1, -0.05) is 19.8 Å². The molecule has 0 bridgehead atoms. The van der Waals surface area contributed by atoms with Crippen molar-refractivity contribution in [1.29, 1.82) is 0 Å². The topological polar surface area (TPSA) is 9.23 Å². The van der Waals surface area contributed by atoms with Gasteiger partial charge in [-0.05, 0) is 80.1 Å². The Labute approximate surface area is 128 Å². The first-order chi connectivity index (χ1) is 10.1.